The van der Waals surface area contributed by atoms with Crippen molar-refractivity contribution in [2.24, 2.45) is 5.92 Å². The number of benzene rings is 1. The van der Waals surface area contributed by atoms with E-state index < -0.39 is 11.8 Å². The molecular formula is C17H23FO3. The zero-order valence-electron chi connectivity index (χ0n) is 12.7. The summed E-state index contributed by atoms with van der Waals surface area (Å²) in [5, 5.41) is 0. The van der Waals surface area contributed by atoms with Crippen molar-refractivity contribution in [2.45, 2.75) is 51.7 Å². The van der Waals surface area contributed by atoms with Crippen molar-refractivity contribution in [1.82, 2.24) is 0 Å². The Labute approximate surface area is 125 Å². The van der Waals surface area contributed by atoms with Gasteiger partial charge in [0.1, 0.15) is 5.82 Å². The number of rotatable bonds is 5. The van der Waals surface area contributed by atoms with E-state index in [-0.39, 0.29) is 11.7 Å². The van der Waals surface area contributed by atoms with Gasteiger partial charge in [0.15, 0.2) is 0 Å². The fraction of sp³-hybridized carbons (Fsp3) is 0.588. The van der Waals surface area contributed by atoms with Gasteiger partial charge in [-0.25, -0.2) is 9.18 Å². The first-order chi connectivity index (χ1) is 10.1. The molecule has 0 amide bonds. The monoisotopic (exact) mass is 294 g/mol. The van der Waals surface area contributed by atoms with E-state index >= 15 is 0 Å². The molecule has 0 heterocycles. The number of hydrogen-bond donors (Lipinski definition) is 0. The summed E-state index contributed by atoms with van der Waals surface area (Å²) in [5.41, 5.74) is 0.712. The van der Waals surface area contributed by atoms with Gasteiger partial charge in [-0.3, -0.25) is 0 Å². The summed E-state index contributed by atoms with van der Waals surface area (Å²) in [5.74, 6) is -0.460. The van der Waals surface area contributed by atoms with Gasteiger partial charge in [-0.1, -0.05) is 32.3 Å². The third-order valence-corrected chi connectivity index (χ3v) is 4.24. The smallest absolute Gasteiger partial charge is 0.340 e. The lowest BCUT2D eigenvalue weighted by Crippen LogP contribution is -2.22. The Balaban J connectivity index is 1.91. The van der Waals surface area contributed by atoms with Gasteiger partial charge >= 0.3 is 5.97 Å². The van der Waals surface area contributed by atoms with Gasteiger partial charge in [-0.2, -0.15) is 0 Å². The Kier molecular flexibility index (Phi) is 5.74. The van der Waals surface area contributed by atoms with Crippen LogP contribution in [0.4, 0.5) is 4.39 Å². The van der Waals surface area contributed by atoms with Crippen LogP contribution in [-0.4, -0.2) is 19.2 Å². The molecule has 1 saturated carbocycles. The maximum absolute atomic E-state index is 13.8. The molecule has 1 aliphatic rings. The van der Waals surface area contributed by atoms with Crippen LogP contribution < -0.4 is 0 Å². The molecule has 1 fully saturated rings. The molecule has 0 saturated heterocycles. The zero-order valence-corrected chi connectivity index (χ0v) is 12.7. The van der Waals surface area contributed by atoms with E-state index in [4.69, 9.17) is 4.74 Å². The Morgan fingerprint density at radius 3 is 2.86 bits per heavy atom. The number of halogens is 1. The van der Waals surface area contributed by atoms with Gasteiger partial charge in [0.05, 0.1) is 25.4 Å². The van der Waals surface area contributed by atoms with E-state index in [1.54, 1.807) is 6.07 Å². The number of hydrogen-bond acceptors (Lipinski definition) is 3. The summed E-state index contributed by atoms with van der Waals surface area (Å²) in [6.07, 6.45) is 6.14. The van der Waals surface area contributed by atoms with E-state index in [9.17, 15) is 9.18 Å². The second-order valence-electron chi connectivity index (χ2n) is 5.68. The average molecular weight is 294 g/mol. The van der Waals surface area contributed by atoms with Crippen LogP contribution in [0.15, 0.2) is 18.2 Å². The molecule has 0 spiro atoms. The third-order valence-electron chi connectivity index (χ3n) is 4.24. The molecule has 21 heavy (non-hydrogen) atoms. The number of ether oxygens (including phenoxy) is 2. The Morgan fingerprint density at radius 1 is 1.38 bits per heavy atom. The van der Waals surface area contributed by atoms with E-state index in [1.165, 1.54) is 38.5 Å². The SMILES string of the molecule is CCC1CCCC(OCc2ccc(C(=O)OC)c(F)c2)C1. The third kappa shape index (κ3) is 4.27. The van der Waals surface area contributed by atoms with Gasteiger partial charge < -0.3 is 9.47 Å². The summed E-state index contributed by atoms with van der Waals surface area (Å²) in [6, 6.07) is 4.53. The summed E-state index contributed by atoms with van der Waals surface area (Å²) >= 11 is 0. The minimum Gasteiger partial charge on any atom is -0.465 e. The lowest BCUT2D eigenvalue weighted by atomic mass is 9.85. The number of carbonyl (C=O) groups is 1. The van der Waals surface area contributed by atoms with Crippen LogP contribution in [0.2, 0.25) is 0 Å². The van der Waals surface area contributed by atoms with Gasteiger partial charge in [0.25, 0.3) is 0 Å². The Hall–Kier alpha value is -1.42. The van der Waals surface area contributed by atoms with Crippen molar-refractivity contribution in [1.29, 1.82) is 0 Å². The van der Waals surface area contributed by atoms with Gasteiger partial charge in [0.2, 0.25) is 0 Å². The molecule has 2 atom stereocenters. The van der Waals surface area contributed by atoms with Crippen molar-refractivity contribution in [2.75, 3.05) is 7.11 Å². The van der Waals surface area contributed by atoms with Crippen molar-refractivity contribution in [3.63, 3.8) is 0 Å². The lowest BCUT2D eigenvalue weighted by Gasteiger charge is -2.28. The van der Waals surface area contributed by atoms with Crippen LogP contribution in [0.3, 0.4) is 0 Å². The topological polar surface area (TPSA) is 35.5 Å². The molecule has 0 aromatic heterocycles. The highest BCUT2D eigenvalue weighted by molar-refractivity contribution is 5.89. The second-order valence-corrected chi connectivity index (χ2v) is 5.68. The molecular weight excluding hydrogens is 271 g/mol. The van der Waals surface area contributed by atoms with Crippen molar-refractivity contribution < 1.29 is 18.7 Å². The first kappa shape index (κ1) is 16.0. The van der Waals surface area contributed by atoms with Crippen LogP contribution in [0.1, 0.15) is 54.9 Å². The van der Waals surface area contributed by atoms with E-state index in [1.807, 2.05) is 0 Å². The number of esters is 1. The molecule has 0 radical (unpaired) electrons. The predicted molar refractivity (Wildman–Crippen MR) is 78.6 cm³/mol. The quantitative estimate of drug-likeness (QED) is 0.767. The molecule has 0 bridgehead atoms. The van der Waals surface area contributed by atoms with Crippen LogP contribution in [-0.2, 0) is 16.1 Å². The minimum absolute atomic E-state index is 0.0371. The highest BCUT2D eigenvalue weighted by atomic mass is 19.1. The normalized spacial score (nSPS) is 22.0. The van der Waals surface area contributed by atoms with Crippen molar-refractivity contribution >= 4 is 5.97 Å². The molecule has 116 valence electrons. The van der Waals surface area contributed by atoms with Gasteiger partial charge in [-0.05, 0) is 36.5 Å². The summed E-state index contributed by atoms with van der Waals surface area (Å²) in [7, 11) is 1.24. The van der Waals surface area contributed by atoms with Crippen LogP contribution >= 0.6 is 0 Å². The first-order valence-corrected chi connectivity index (χ1v) is 7.62. The lowest BCUT2D eigenvalue weighted by molar-refractivity contribution is 0.00165. The zero-order chi connectivity index (χ0) is 15.2. The number of methoxy groups -OCH3 is 1. The second kappa shape index (κ2) is 7.55. The average Bonchev–Trinajstić information content (AvgIpc) is 2.52. The molecule has 1 aliphatic carbocycles. The number of carbonyl (C=O) groups excluding carboxylic acids is 1. The van der Waals surface area contributed by atoms with Crippen molar-refractivity contribution in [3.8, 4) is 0 Å². The fourth-order valence-corrected chi connectivity index (χ4v) is 2.90. The van der Waals surface area contributed by atoms with Crippen LogP contribution in [0.25, 0.3) is 0 Å². The van der Waals surface area contributed by atoms with E-state index in [2.05, 4.69) is 11.7 Å². The molecule has 1 aromatic carbocycles. The Bertz CT molecular complexity index is 487. The van der Waals surface area contributed by atoms with Crippen LogP contribution in [0.5, 0.6) is 0 Å². The summed E-state index contributed by atoms with van der Waals surface area (Å²) in [6.45, 7) is 2.60. The fourth-order valence-electron chi connectivity index (χ4n) is 2.90. The molecule has 0 N–H and O–H groups in total. The molecule has 1 aromatic rings. The van der Waals surface area contributed by atoms with Crippen LogP contribution in [0, 0.1) is 11.7 Å². The molecule has 3 nitrogen and oxygen atoms in total. The molecule has 2 rings (SSSR count). The minimum atomic E-state index is -0.655. The standard InChI is InChI=1S/C17H23FO3/c1-3-12-5-4-6-14(9-12)21-11-13-7-8-15(16(18)10-13)17(19)20-2/h7-8,10,12,14H,3-6,9,11H2,1-2H3. The Morgan fingerprint density at radius 2 is 2.19 bits per heavy atom. The van der Waals surface area contributed by atoms with Gasteiger partial charge in [0, 0.05) is 0 Å². The summed E-state index contributed by atoms with van der Waals surface area (Å²) < 4.78 is 24.2. The maximum Gasteiger partial charge on any atom is 0.340 e. The highest BCUT2D eigenvalue weighted by Gasteiger charge is 2.21. The summed E-state index contributed by atoms with van der Waals surface area (Å²) in [4.78, 5) is 11.3. The van der Waals surface area contributed by atoms with E-state index in [0.29, 0.717) is 6.61 Å². The maximum atomic E-state index is 13.8. The van der Waals surface area contributed by atoms with Gasteiger partial charge in [-0.15, -0.1) is 0 Å². The highest BCUT2D eigenvalue weighted by Crippen LogP contribution is 2.29. The van der Waals surface area contributed by atoms with Crippen molar-refractivity contribution in [3.05, 3.63) is 35.1 Å². The van der Waals surface area contributed by atoms with E-state index in [0.717, 1.165) is 24.3 Å². The molecule has 2 unspecified atom stereocenters. The largest absolute Gasteiger partial charge is 0.465 e. The first-order valence-electron chi connectivity index (χ1n) is 7.62. The predicted octanol–water partition coefficient (Wildman–Crippen LogP) is 4.10. The molecule has 4 heteroatoms. The molecule has 0 aliphatic heterocycles.